The van der Waals surface area contributed by atoms with E-state index in [2.05, 4.69) is 37.3 Å². The van der Waals surface area contributed by atoms with Crippen LogP contribution in [0.1, 0.15) is 16.9 Å². The Morgan fingerprint density at radius 2 is 1.79 bits per heavy atom. The van der Waals surface area contributed by atoms with Crippen molar-refractivity contribution >= 4 is 33.1 Å². The molecule has 2 aromatic heterocycles. The minimum atomic E-state index is -0.227. The Kier molecular flexibility index (Phi) is 5.76. The van der Waals surface area contributed by atoms with Crippen molar-refractivity contribution in [3.8, 4) is 10.7 Å². The number of benzene rings is 2. The van der Waals surface area contributed by atoms with Crippen LogP contribution in [-0.2, 0) is 0 Å². The van der Waals surface area contributed by atoms with Crippen molar-refractivity contribution in [3.63, 3.8) is 0 Å². The molecule has 0 saturated carbocycles. The SMILES string of the molecule is CN(CCCNC(=O)c1nccnc1-c1nc2ccccc2s1)c1ccccc1. The van der Waals surface area contributed by atoms with Crippen LogP contribution in [0.25, 0.3) is 20.9 Å². The minimum absolute atomic E-state index is 0.227. The molecule has 0 atom stereocenters. The Morgan fingerprint density at radius 3 is 2.62 bits per heavy atom. The second-order valence-corrected chi connectivity index (χ2v) is 7.64. The summed E-state index contributed by atoms with van der Waals surface area (Å²) in [5.41, 5.74) is 2.88. The molecular weight excluding hydrogens is 382 g/mol. The van der Waals surface area contributed by atoms with Crippen LogP contribution < -0.4 is 10.2 Å². The number of carbonyl (C=O) groups is 1. The van der Waals surface area contributed by atoms with Crippen molar-refractivity contribution in [1.29, 1.82) is 0 Å². The zero-order valence-corrected chi connectivity index (χ0v) is 16.9. The molecule has 29 heavy (non-hydrogen) atoms. The zero-order chi connectivity index (χ0) is 20.1. The molecule has 0 bridgehead atoms. The van der Waals surface area contributed by atoms with Crippen molar-refractivity contribution in [1.82, 2.24) is 20.3 Å². The number of nitrogens with one attached hydrogen (secondary N) is 1. The molecule has 7 heteroatoms. The molecule has 0 saturated heterocycles. The van der Waals surface area contributed by atoms with Gasteiger partial charge in [0.05, 0.1) is 10.2 Å². The number of aromatic nitrogens is 3. The lowest BCUT2D eigenvalue weighted by molar-refractivity contribution is 0.0949. The molecule has 1 amide bonds. The molecule has 0 fully saturated rings. The van der Waals surface area contributed by atoms with Crippen LogP contribution in [-0.4, -0.2) is 41.0 Å². The third kappa shape index (κ3) is 4.41. The summed E-state index contributed by atoms with van der Waals surface area (Å²) in [6.07, 6.45) is 3.95. The zero-order valence-electron chi connectivity index (χ0n) is 16.1. The molecule has 146 valence electrons. The summed E-state index contributed by atoms with van der Waals surface area (Å²) in [4.78, 5) is 28.1. The molecule has 4 aromatic rings. The van der Waals surface area contributed by atoms with Gasteiger partial charge in [0.15, 0.2) is 5.69 Å². The van der Waals surface area contributed by atoms with Crippen LogP contribution >= 0.6 is 11.3 Å². The lowest BCUT2D eigenvalue weighted by atomic mass is 10.2. The molecule has 0 aliphatic carbocycles. The van der Waals surface area contributed by atoms with E-state index in [1.165, 1.54) is 17.5 Å². The summed E-state index contributed by atoms with van der Waals surface area (Å²) in [5, 5.41) is 3.66. The fraction of sp³-hybridized carbons (Fsp3) is 0.182. The Labute approximate surface area is 173 Å². The quantitative estimate of drug-likeness (QED) is 0.472. The number of anilines is 1. The smallest absolute Gasteiger partial charge is 0.272 e. The van der Waals surface area contributed by atoms with E-state index in [-0.39, 0.29) is 5.91 Å². The van der Waals surface area contributed by atoms with Gasteiger partial charge in [-0.25, -0.2) is 15.0 Å². The second-order valence-electron chi connectivity index (χ2n) is 6.61. The highest BCUT2D eigenvalue weighted by Crippen LogP contribution is 2.29. The average molecular weight is 404 g/mol. The molecule has 0 spiro atoms. The predicted octanol–water partition coefficient (Wildman–Crippen LogP) is 4.01. The number of rotatable bonds is 7. The van der Waals surface area contributed by atoms with E-state index in [1.54, 1.807) is 6.20 Å². The highest BCUT2D eigenvalue weighted by Gasteiger charge is 2.18. The van der Waals surface area contributed by atoms with Gasteiger partial charge in [-0.3, -0.25) is 4.79 Å². The van der Waals surface area contributed by atoms with Crippen molar-refractivity contribution in [2.24, 2.45) is 0 Å². The monoisotopic (exact) mass is 403 g/mol. The van der Waals surface area contributed by atoms with E-state index in [0.29, 0.717) is 22.9 Å². The van der Waals surface area contributed by atoms with Crippen LogP contribution in [0.4, 0.5) is 5.69 Å². The first-order valence-electron chi connectivity index (χ1n) is 9.44. The third-order valence-corrected chi connectivity index (χ3v) is 5.61. The largest absolute Gasteiger partial charge is 0.375 e. The Morgan fingerprint density at radius 1 is 1.03 bits per heavy atom. The van der Waals surface area contributed by atoms with Gasteiger partial charge < -0.3 is 10.2 Å². The van der Waals surface area contributed by atoms with Gasteiger partial charge in [0, 0.05) is 38.2 Å². The number of nitrogens with zero attached hydrogens (tertiary/aromatic N) is 4. The van der Waals surface area contributed by atoms with Crippen LogP contribution in [0.15, 0.2) is 67.0 Å². The first-order valence-corrected chi connectivity index (χ1v) is 10.3. The molecule has 0 radical (unpaired) electrons. The summed E-state index contributed by atoms with van der Waals surface area (Å²) >= 11 is 1.51. The number of hydrogen-bond acceptors (Lipinski definition) is 6. The van der Waals surface area contributed by atoms with E-state index in [9.17, 15) is 4.79 Å². The first kappa shape index (κ1) is 19.0. The Balaban J connectivity index is 1.40. The van der Waals surface area contributed by atoms with Crippen LogP contribution in [0.2, 0.25) is 0 Å². The van der Waals surface area contributed by atoms with Crippen LogP contribution in [0, 0.1) is 0 Å². The maximum atomic E-state index is 12.7. The predicted molar refractivity (Wildman–Crippen MR) is 117 cm³/mol. The molecule has 6 nitrogen and oxygen atoms in total. The number of amides is 1. The van der Waals surface area contributed by atoms with Gasteiger partial charge in [-0.15, -0.1) is 11.3 Å². The summed E-state index contributed by atoms with van der Waals surface area (Å²) in [6, 6.07) is 18.1. The number of fused-ring (bicyclic) bond motifs is 1. The van der Waals surface area contributed by atoms with Gasteiger partial charge in [0.2, 0.25) is 0 Å². The van der Waals surface area contributed by atoms with Crippen LogP contribution in [0.5, 0.6) is 0 Å². The molecule has 0 aliphatic heterocycles. The third-order valence-electron chi connectivity index (χ3n) is 4.56. The average Bonchev–Trinajstić information content (AvgIpc) is 3.21. The van der Waals surface area contributed by atoms with E-state index >= 15 is 0 Å². The van der Waals surface area contributed by atoms with E-state index in [0.717, 1.165) is 28.9 Å². The lowest BCUT2D eigenvalue weighted by Gasteiger charge is -2.19. The standard InChI is InChI=1S/C22H21N5OS/c1-27(16-8-3-2-4-9-16)15-7-12-25-21(28)19-20(24-14-13-23-19)22-26-17-10-5-6-11-18(17)29-22/h2-6,8-11,13-14H,7,12,15H2,1H3,(H,25,28). The Bertz CT molecular complexity index is 1080. The van der Waals surface area contributed by atoms with Gasteiger partial charge in [0.1, 0.15) is 10.7 Å². The van der Waals surface area contributed by atoms with E-state index in [4.69, 9.17) is 0 Å². The van der Waals surface area contributed by atoms with Crippen molar-refractivity contribution < 1.29 is 4.79 Å². The maximum absolute atomic E-state index is 12.7. The summed E-state index contributed by atoms with van der Waals surface area (Å²) in [6.45, 7) is 1.40. The van der Waals surface area contributed by atoms with Crippen molar-refractivity contribution in [3.05, 3.63) is 72.7 Å². The lowest BCUT2D eigenvalue weighted by Crippen LogP contribution is -2.29. The van der Waals surface area contributed by atoms with Crippen molar-refractivity contribution in [2.75, 3.05) is 25.0 Å². The van der Waals surface area contributed by atoms with Gasteiger partial charge in [0.25, 0.3) is 5.91 Å². The van der Waals surface area contributed by atoms with Crippen molar-refractivity contribution in [2.45, 2.75) is 6.42 Å². The highest BCUT2D eigenvalue weighted by molar-refractivity contribution is 7.21. The second kappa shape index (κ2) is 8.79. The van der Waals surface area contributed by atoms with Gasteiger partial charge in [-0.2, -0.15) is 0 Å². The number of carbonyl (C=O) groups excluding carboxylic acids is 1. The first-order chi connectivity index (χ1) is 14.2. The minimum Gasteiger partial charge on any atom is -0.375 e. The highest BCUT2D eigenvalue weighted by atomic mass is 32.1. The van der Waals surface area contributed by atoms with E-state index < -0.39 is 0 Å². The summed E-state index contributed by atoms with van der Waals surface area (Å²) < 4.78 is 1.06. The van der Waals surface area contributed by atoms with E-state index in [1.807, 2.05) is 49.5 Å². The summed E-state index contributed by atoms with van der Waals surface area (Å²) in [7, 11) is 2.05. The number of thiazole rings is 1. The fourth-order valence-corrected chi connectivity index (χ4v) is 4.01. The molecule has 4 rings (SSSR count). The van der Waals surface area contributed by atoms with Crippen LogP contribution in [0.3, 0.4) is 0 Å². The van der Waals surface area contributed by atoms with Gasteiger partial charge in [-0.1, -0.05) is 30.3 Å². The Hall–Kier alpha value is -3.32. The summed E-state index contributed by atoms with van der Waals surface area (Å²) in [5.74, 6) is -0.227. The number of hydrogen-bond donors (Lipinski definition) is 1. The molecule has 0 unspecified atom stereocenters. The molecule has 1 N–H and O–H groups in total. The molecule has 2 heterocycles. The molecule has 0 aliphatic rings. The molecule has 2 aromatic carbocycles. The normalized spacial score (nSPS) is 10.8. The molecular formula is C22H21N5OS. The number of para-hydroxylation sites is 2. The van der Waals surface area contributed by atoms with Gasteiger partial charge in [-0.05, 0) is 30.7 Å². The van der Waals surface area contributed by atoms with Gasteiger partial charge >= 0.3 is 0 Å². The fourth-order valence-electron chi connectivity index (χ4n) is 3.05. The topological polar surface area (TPSA) is 71.0 Å². The maximum Gasteiger partial charge on any atom is 0.272 e.